The van der Waals surface area contributed by atoms with Crippen molar-refractivity contribution >= 4 is 17.4 Å². The fraction of sp³-hybridized carbons (Fsp3) is 0.222. The van der Waals surface area contributed by atoms with Gasteiger partial charge in [0.2, 0.25) is 0 Å². The smallest absolute Gasteiger partial charge is 0.164 e. The second kappa shape index (κ2) is 4.29. The van der Waals surface area contributed by atoms with Crippen LogP contribution in [0.4, 0.5) is 14.5 Å². The van der Waals surface area contributed by atoms with E-state index in [9.17, 15) is 8.78 Å². The van der Waals surface area contributed by atoms with E-state index in [2.05, 4.69) is 0 Å². The molecule has 1 aromatic rings. The second-order valence-electron chi connectivity index (χ2n) is 2.66. The van der Waals surface area contributed by atoms with Crippen LogP contribution in [0.5, 0.6) is 0 Å². The van der Waals surface area contributed by atoms with Gasteiger partial charge in [0.25, 0.3) is 0 Å². The maximum Gasteiger partial charge on any atom is 0.164 e. The van der Waals surface area contributed by atoms with E-state index in [1.54, 1.807) is 12.3 Å². The predicted octanol–water partition coefficient (Wildman–Crippen LogP) is 2.28. The van der Waals surface area contributed by atoms with Crippen molar-refractivity contribution in [3.63, 3.8) is 0 Å². The van der Waals surface area contributed by atoms with E-state index >= 15 is 0 Å². The summed E-state index contributed by atoms with van der Waals surface area (Å²) in [6.45, 7) is 0. The lowest BCUT2D eigenvalue weighted by Gasteiger charge is -2.07. The zero-order valence-electron chi connectivity index (χ0n) is 7.47. The van der Waals surface area contributed by atoms with Crippen LogP contribution in [0.15, 0.2) is 6.07 Å². The van der Waals surface area contributed by atoms with Crippen LogP contribution in [-0.4, -0.2) is 6.26 Å². The zero-order chi connectivity index (χ0) is 10.7. The molecule has 0 amide bonds. The topological polar surface area (TPSA) is 49.8 Å². The van der Waals surface area contributed by atoms with Crippen molar-refractivity contribution in [2.75, 3.05) is 12.0 Å². The van der Waals surface area contributed by atoms with Crippen molar-refractivity contribution in [3.8, 4) is 6.07 Å². The zero-order valence-corrected chi connectivity index (χ0v) is 8.29. The minimum absolute atomic E-state index is 0.0204. The number of nitrogens with two attached hydrogens (primary N) is 1. The van der Waals surface area contributed by atoms with Gasteiger partial charge in [-0.2, -0.15) is 17.0 Å². The summed E-state index contributed by atoms with van der Waals surface area (Å²) in [6.07, 6.45) is 1.75. The van der Waals surface area contributed by atoms with Crippen LogP contribution < -0.4 is 5.73 Å². The first kappa shape index (κ1) is 10.8. The van der Waals surface area contributed by atoms with Gasteiger partial charge in [-0.15, -0.1) is 0 Å². The number of benzene rings is 1. The maximum atomic E-state index is 13.2. The fourth-order valence-corrected chi connectivity index (χ4v) is 1.64. The first-order valence-corrected chi connectivity index (χ1v) is 5.16. The number of hydrogen-bond donors (Lipinski definition) is 1. The largest absolute Gasteiger partial charge is 0.397 e. The highest BCUT2D eigenvalue weighted by atomic mass is 32.2. The first-order valence-electron chi connectivity index (χ1n) is 3.77. The molecule has 0 saturated heterocycles. The molecule has 0 spiro atoms. The molecular formula is C9H8F2N2S. The summed E-state index contributed by atoms with van der Waals surface area (Å²) in [5, 5.41) is 8.60. The van der Waals surface area contributed by atoms with Gasteiger partial charge in [0.1, 0.15) is 6.07 Å². The van der Waals surface area contributed by atoms with Gasteiger partial charge in [0, 0.05) is 11.3 Å². The van der Waals surface area contributed by atoms with Gasteiger partial charge in [0.05, 0.1) is 11.3 Å². The van der Waals surface area contributed by atoms with Gasteiger partial charge in [-0.3, -0.25) is 0 Å². The van der Waals surface area contributed by atoms with E-state index in [0.717, 1.165) is 6.07 Å². The van der Waals surface area contributed by atoms with Gasteiger partial charge >= 0.3 is 0 Å². The molecule has 0 aliphatic carbocycles. The van der Waals surface area contributed by atoms with Gasteiger partial charge in [-0.05, 0) is 12.3 Å². The minimum Gasteiger partial charge on any atom is -0.397 e. The van der Waals surface area contributed by atoms with Gasteiger partial charge in [0.15, 0.2) is 11.6 Å². The van der Waals surface area contributed by atoms with Crippen molar-refractivity contribution in [1.82, 2.24) is 0 Å². The van der Waals surface area contributed by atoms with Gasteiger partial charge in [-0.1, -0.05) is 0 Å². The number of nitrogens with zero attached hydrogens (tertiary/aromatic N) is 1. The lowest BCUT2D eigenvalue weighted by molar-refractivity contribution is 0.503. The molecular weight excluding hydrogens is 206 g/mol. The molecule has 0 fully saturated rings. The van der Waals surface area contributed by atoms with E-state index in [4.69, 9.17) is 11.0 Å². The highest BCUT2D eigenvalue weighted by Crippen LogP contribution is 2.26. The van der Waals surface area contributed by atoms with E-state index in [-0.39, 0.29) is 22.6 Å². The van der Waals surface area contributed by atoms with Crippen LogP contribution in [-0.2, 0) is 5.75 Å². The molecule has 0 heterocycles. The SMILES string of the molecule is CSCc1c(N)c(C#N)cc(F)c1F. The summed E-state index contributed by atoms with van der Waals surface area (Å²) >= 11 is 1.31. The molecule has 5 heteroatoms. The van der Waals surface area contributed by atoms with Crippen LogP contribution in [0.3, 0.4) is 0 Å². The predicted molar refractivity (Wildman–Crippen MR) is 52.7 cm³/mol. The first-order chi connectivity index (χ1) is 6.61. The maximum absolute atomic E-state index is 13.2. The van der Waals surface area contributed by atoms with Crippen LogP contribution in [0.2, 0.25) is 0 Å². The third-order valence-corrected chi connectivity index (χ3v) is 2.35. The molecule has 0 saturated carbocycles. The van der Waals surface area contributed by atoms with E-state index < -0.39 is 11.6 Å². The highest BCUT2D eigenvalue weighted by molar-refractivity contribution is 7.97. The quantitative estimate of drug-likeness (QED) is 0.768. The molecule has 2 nitrogen and oxygen atoms in total. The molecule has 0 atom stereocenters. The molecule has 14 heavy (non-hydrogen) atoms. The summed E-state index contributed by atoms with van der Waals surface area (Å²) < 4.78 is 26.1. The molecule has 0 aliphatic heterocycles. The van der Waals surface area contributed by atoms with Crippen molar-refractivity contribution in [3.05, 3.63) is 28.8 Å². The molecule has 1 rings (SSSR count). The van der Waals surface area contributed by atoms with Crippen molar-refractivity contribution in [2.45, 2.75) is 5.75 Å². The van der Waals surface area contributed by atoms with Crippen LogP contribution in [0.25, 0.3) is 0 Å². The Bertz CT molecular complexity index is 399. The van der Waals surface area contributed by atoms with Gasteiger partial charge < -0.3 is 5.73 Å². The van der Waals surface area contributed by atoms with Gasteiger partial charge in [-0.25, -0.2) is 8.78 Å². The summed E-state index contributed by atoms with van der Waals surface area (Å²) in [6, 6.07) is 2.54. The van der Waals surface area contributed by atoms with Crippen molar-refractivity contribution in [2.24, 2.45) is 0 Å². The second-order valence-corrected chi connectivity index (χ2v) is 3.52. The average molecular weight is 214 g/mol. The number of hydrogen-bond acceptors (Lipinski definition) is 3. The number of nitrogen functional groups attached to an aromatic ring is 1. The Balaban J connectivity index is 3.38. The van der Waals surface area contributed by atoms with E-state index in [1.165, 1.54) is 11.8 Å². The Morgan fingerprint density at radius 3 is 2.71 bits per heavy atom. The Labute approximate surface area is 84.7 Å². The lowest BCUT2D eigenvalue weighted by atomic mass is 10.1. The van der Waals surface area contributed by atoms with E-state index in [1.807, 2.05) is 0 Å². The summed E-state index contributed by atoms with van der Waals surface area (Å²) in [4.78, 5) is 0. The third kappa shape index (κ3) is 1.80. The molecule has 0 aromatic heterocycles. The summed E-state index contributed by atoms with van der Waals surface area (Å²) in [7, 11) is 0. The standard InChI is InChI=1S/C9H8F2N2S/c1-14-4-6-8(11)7(10)2-5(3-12)9(6)13/h2H,4,13H2,1H3. The Morgan fingerprint density at radius 1 is 1.57 bits per heavy atom. The highest BCUT2D eigenvalue weighted by Gasteiger charge is 2.15. The third-order valence-electron chi connectivity index (χ3n) is 1.77. The van der Waals surface area contributed by atoms with Crippen LogP contribution in [0.1, 0.15) is 11.1 Å². The fourth-order valence-electron chi connectivity index (χ4n) is 1.07. The molecule has 1 aromatic carbocycles. The van der Waals surface area contributed by atoms with Crippen molar-refractivity contribution in [1.29, 1.82) is 5.26 Å². The minimum atomic E-state index is -1.03. The number of rotatable bonds is 2. The van der Waals surface area contributed by atoms with Crippen LogP contribution >= 0.6 is 11.8 Å². The number of anilines is 1. The van der Waals surface area contributed by atoms with Crippen LogP contribution in [0, 0.1) is 23.0 Å². The molecule has 2 N–H and O–H groups in total. The van der Waals surface area contributed by atoms with E-state index in [0.29, 0.717) is 0 Å². The number of nitriles is 1. The molecule has 74 valence electrons. The summed E-state index contributed by atoms with van der Waals surface area (Å²) in [5.41, 5.74) is 5.58. The Hall–Kier alpha value is -1.28. The Kier molecular flexibility index (Phi) is 3.31. The lowest BCUT2D eigenvalue weighted by Crippen LogP contribution is -2.03. The van der Waals surface area contributed by atoms with Crippen molar-refractivity contribution < 1.29 is 8.78 Å². The molecule has 0 unspecified atom stereocenters. The molecule has 0 bridgehead atoms. The number of halogens is 2. The number of thioether (sulfide) groups is 1. The monoisotopic (exact) mass is 214 g/mol. The summed E-state index contributed by atoms with van der Waals surface area (Å²) in [5.74, 6) is -1.74. The molecule has 0 aliphatic rings. The normalized spacial score (nSPS) is 9.86. The Morgan fingerprint density at radius 2 is 2.21 bits per heavy atom. The average Bonchev–Trinajstić information content (AvgIpc) is 2.18. The molecule has 0 radical (unpaired) electrons.